The van der Waals surface area contributed by atoms with Gasteiger partial charge in [-0.1, -0.05) is 13.8 Å². The number of carbonyl (C=O) groups is 2. The summed E-state index contributed by atoms with van der Waals surface area (Å²) in [7, 11) is 2.89. The number of benzene rings is 1. The molecule has 1 atom stereocenters. The minimum absolute atomic E-state index is 0.0586. The zero-order valence-corrected chi connectivity index (χ0v) is 13.7. The molecule has 0 bridgehead atoms. The Hall–Kier alpha value is -2.50. The number of amides is 1. The van der Waals surface area contributed by atoms with Crippen molar-refractivity contribution in [3.05, 3.63) is 30.0 Å². The van der Waals surface area contributed by atoms with E-state index in [0.717, 1.165) is 10.9 Å². The van der Waals surface area contributed by atoms with Crippen LogP contribution in [0.2, 0.25) is 0 Å². The molecule has 2 rings (SSSR count). The van der Waals surface area contributed by atoms with Crippen LogP contribution < -0.4 is 10.1 Å². The lowest BCUT2D eigenvalue weighted by Crippen LogP contribution is -2.45. The normalized spacial score (nSPS) is 12.2. The third-order valence-corrected chi connectivity index (χ3v) is 3.65. The van der Waals surface area contributed by atoms with Gasteiger partial charge in [-0.25, -0.2) is 4.79 Å². The van der Waals surface area contributed by atoms with Crippen LogP contribution in [0, 0.1) is 5.92 Å². The third-order valence-electron chi connectivity index (χ3n) is 3.65. The van der Waals surface area contributed by atoms with Crippen molar-refractivity contribution < 1.29 is 23.5 Å². The number of ether oxygens (including phenoxy) is 2. The van der Waals surface area contributed by atoms with Crippen molar-refractivity contribution in [2.45, 2.75) is 26.3 Å². The fraction of sp³-hybridized carbons (Fsp3) is 0.412. The SMILES string of the molecule is COC(=O)[C@@H](NC(=O)Cc1coc2cc(OC)ccc12)C(C)C. The topological polar surface area (TPSA) is 77.8 Å². The molecule has 0 aliphatic rings. The van der Waals surface area contributed by atoms with E-state index in [1.165, 1.54) is 7.11 Å². The number of methoxy groups -OCH3 is 2. The summed E-state index contributed by atoms with van der Waals surface area (Å²) in [5.74, 6) is -0.0760. The molecular formula is C17H21NO5. The number of nitrogens with one attached hydrogen (secondary N) is 1. The Morgan fingerprint density at radius 3 is 2.61 bits per heavy atom. The number of fused-ring (bicyclic) bond motifs is 1. The van der Waals surface area contributed by atoms with Gasteiger partial charge in [0.2, 0.25) is 5.91 Å². The molecule has 124 valence electrons. The van der Waals surface area contributed by atoms with E-state index in [9.17, 15) is 9.59 Å². The Morgan fingerprint density at radius 2 is 2.00 bits per heavy atom. The van der Waals surface area contributed by atoms with Gasteiger partial charge in [-0.05, 0) is 18.1 Å². The van der Waals surface area contributed by atoms with E-state index in [1.54, 1.807) is 19.4 Å². The fourth-order valence-electron chi connectivity index (χ4n) is 2.35. The molecule has 6 heteroatoms. The van der Waals surface area contributed by atoms with Crippen LogP contribution in [0.4, 0.5) is 0 Å². The summed E-state index contributed by atoms with van der Waals surface area (Å²) in [5.41, 5.74) is 1.41. The summed E-state index contributed by atoms with van der Waals surface area (Å²) in [6.07, 6.45) is 1.67. The van der Waals surface area contributed by atoms with Crippen LogP contribution in [-0.4, -0.2) is 32.1 Å². The molecule has 0 spiro atoms. The fourth-order valence-corrected chi connectivity index (χ4v) is 2.35. The van der Waals surface area contributed by atoms with Crippen LogP contribution in [0.1, 0.15) is 19.4 Å². The summed E-state index contributed by atoms with van der Waals surface area (Å²) in [5, 5.41) is 3.56. The van der Waals surface area contributed by atoms with Gasteiger partial charge in [0.15, 0.2) is 0 Å². The van der Waals surface area contributed by atoms with Crippen molar-refractivity contribution in [3.63, 3.8) is 0 Å². The van der Waals surface area contributed by atoms with Gasteiger partial charge >= 0.3 is 5.97 Å². The molecule has 0 saturated carbocycles. The van der Waals surface area contributed by atoms with Gasteiger partial charge in [-0.2, -0.15) is 0 Å². The van der Waals surface area contributed by atoms with E-state index in [4.69, 9.17) is 13.9 Å². The highest BCUT2D eigenvalue weighted by Gasteiger charge is 2.25. The van der Waals surface area contributed by atoms with Gasteiger partial charge in [-0.3, -0.25) is 4.79 Å². The zero-order chi connectivity index (χ0) is 17.0. The van der Waals surface area contributed by atoms with Crippen LogP contribution in [0.15, 0.2) is 28.9 Å². The predicted molar refractivity (Wildman–Crippen MR) is 85.3 cm³/mol. The lowest BCUT2D eigenvalue weighted by atomic mass is 10.0. The van der Waals surface area contributed by atoms with Crippen molar-refractivity contribution >= 4 is 22.8 Å². The van der Waals surface area contributed by atoms with Gasteiger partial charge < -0.3 is 19.2 Å². The molecule has 0 unspecified atom stereocenters. The summed E-state index contributed by atoms with van der Waals surface area (Å²) in [6, 6.07) is 4.76. The van der Waals surface area contributed by atoms with E-state index >= 15 is 0 Å². The average Bonchev–Trinajstić information content (AvgIpc) is 2.93. The highest BCUT2D eigenvalue weighted by molar-refractivity contribution is 5.90. The van der Waals surface area contributed by atoms with Gasteiger partial charge in [0.05, 0.1) is 26.9 Å². The van der Waals surface area contributed by atoms with E-state index < -0.39 is 12.0 Å². The molecule has 0 aliphatic carbocycles. The number of carbonyl (C=O) groups excluding carboxylic acids is 2. The number of rotatable bonds is 6. The molecule has 0 aliphatic heterocycles. The zero-order valence-electron chi connectivity index (χ0n) is 13.7. The van der Waals surface area contributed by atoms with Crippen molar-refractivity contribution in [2.75, 3.05) is 14.2 Å². The lowest BCUT2D eigenvalue weighted by Gasteiger charge is -2.19. The van der Waals surface area contributed by atoms with Crippen LogP contribution in [0.3, 0.4) is 0 Å². The summed E-state index contributed by atoms with van der Waals surface area (Å²) in [4.78, 5) is 23.9. The van der Waals surface area contributed by atoms with E-state index in [0.29, 0.717) is 11.3 Å². The minimum atomic E-state index is -0.661. The second-order valence-electron chi connectivity index (χ2n) is 5.61. The van der Waals surface area contributed by atoms with Crippen molar-refractivity contribution in [1.29, 1.82) is 0 Å². The molecular weight excluding hydrogens is 298 g/mol. The maximum Gasteiger partial charge on any atom is 0.328 e. The Morgan fingerprint density at radius 1 is 1.26 bits per heavy atom. The molecule has 1 aromatic heterocycles. The highest BCUT2D eigenvalue weighted by atomic mass is 16.5. The lowest BCUT2D eigenvalue weighted by molar-refractivity contribution is -0.146. The third kappa shape index (κ3) is 3.83. The molecule has 0 fully saturated rings. The Labute approximate surface area is 134 Å². The largest absolute Gasteiger partial charge is 0.497 e. The van der Waals surface area contributed by atoms with Crippen LogP contribution in [-0.2, 0) is 20.7 Å². The second kappa shape index (κ2) is 7.17. The Bertz CT molecular complexity index is 704. The first-order valence-corrected chi connectivity index (χ1v) is 7.37. The Kier molecular flexibility index (Phi) is 5.26. The smallest absolute Gasteiger partial charge is 0.328 e. The first-order chi connectivity index (χ1) is 11.0. The first kappa shape index (κ1) is 16.9. The number of esters is 1. The van der Waals surface area contributed by atoms with Crippen LogP contribution in [0.25, 0.3) is 11.0 Å². The number of hydrogen-bond donors (Lipinski definition) is 1. The predicted octanol–water partition coefficient (Wildman–Crippen LogP) is 2.30. The van der Waals surface area contributed by atoms with E-state index in [1.807, 2.05) is 26.0 Å². The summed E-state index contributed by atoms with van der Waals surface area (Å²) < 4.78 is 15.3. The molecule has 1 aromatic carbocycles. The molecule has 0 saturated heterocycles. The number of furan rings is 1. The number of hydrogen-bond acceptors (Lipinski definition) is 5. The summed E-state index contributed by atoms with van der Waals surface area (Å²) in [6.45, 7) is 3.70. The van der Waals surface area contributed by atoms with Crippen molar-refractivity contribution in [3.8, 4) is 5.75 Å². The van der Waals surface area contributed by atoms with Crippen molar-refractivity contribution in [2.24, 2.45) is 5.92 Å². The van der Waals surface area contributed by atoms with Gasteiger partial charge in [-0.15, -0.1) is 0 Å². The van der Waals surface area contributed by atoms with Gasteiger partial charge in [0.1, 0.15) is 17.4 Å². The first-order valence-electron chi connectivity index (χ1n) is 7.37. The highest BCUT2D eigenvalue weighted by Crippen LogP contribution is 2.25. The van der Waals surface area contributed by atoms with E-state index in [-0.39, 0.29) is 18.2 Å². The molecule has 1 heterocycles. The molecule has 23 heavy (non-hydrogen) atoms. The minimum Gasteiger partial charge on any atom is -0.497 e. The molecule has 6 nitrogen and oxygen atoms in total. The van der Waals surface area contributed by atoms with Gasteiger partial charge in [0.25, 0.3) is 0 Å². The monoisotopic (exact) mass is 319 g/mol. The molecule has 2 aromatic rings. The quantitative estimate of drug-likeness (QED) is 0.827. The molecule has 0 radical (unpaired) electrons. The van der Waals surface area contributed by atoms with Crippen LogP contribution in [0.5, 0.6) is 5.75 Å². The maximum atomic E-state index is 12.2. The van der Waals surface area contributed by atoms with Crippen molar-refractivity contribution in [1.82, 2.24) is 5.32 Å². The van der Waals surface area contributed by atoms with Crippen LogP contribution >= 0.6 is 0 Å². The van der Waals surface area contributed by atoms with E-state index in [2.05, 4.69) is 5.32 Å². The summed E-state index contributed by atoms with van der Waals surface area (Å²) >= 11 is 0. The average molecular weight is 319 g/mol. The Balaban J connectivity index is 2.12. The molecule has 1 amide bonds. The maximum absolute atomic E-state index is 12.2. The standard InChI is InChI=1S/C17H21NO5/c1-10(2)16(17(20)22-4)18-15(19)7-11-9-23-14-8-12(21-3)5-6-13(11)14/h5-6,8-10,16H,7H2,1-4H3,(H,18,19)/t16-/m0/s1. The molecule has 1 N–H and O–H groups in total. The van der Waals surface area contributed by atoms with Gasteiger partial charge in [0, 0.05) is 17.0 Å². The second-order valence-corrected chi connectivity index (χ2v) is 5.61.